The van der Waals surface area contributed by atoms with Crippen molar-refractivity contribution in [1.82, 2.24) is 0 Å². The molecule has 0 saturated heterocycles. The molecule has 0 aliphatic heterocycles. The fraction of sp³-hybridized carbons (Fsp3) is 0.500. The van der Waals surface area contributed by atoms with Crippen molar-refractivity contribution >= 4 is 17.3 Å². The molecule has 0 saturated carbocycles. The molecule has 0 rings (SSSR count). The van der Waals surface area contributed by atoms with Crippen LogP contribution in [0.2, 0.25) is 0 Å². The predicted octanol–water partition coefficient (Wildman–Crippen LogP) is -1.20. The highest BCUT2D eigenvalue weighted by Crippen LogP contribution is 1.32. The van der Waals surface area contributed by atoms with Crippen LogP contribution >= 0.6 is 12.2 Å². The Morgan fingerprint density at radius 3 is 1.50 bits per heavy atom. The lowest BCUT2D eigenvalue weighted by Crippen LogP contribution is -2.18. The summed E-state index contributed by atoms with van der Waals surface area (Å²) >= 11 is 4.09. The zero-order valence-corrected chi connectivity index (χ0v) is 4.33. The Kier molecular flexibility index (Phi) is 13.5. The van der Waals surface area contributed by atoms with Gasteiger partial charge in [-0.1, -0.05) is 0 Å². The van der Waals surface area contributed by atoms with E-state index < -0.39 is 0 Å². The first kappa shape index (κ1) is 9.17. The first-order chi connectivity index (χ1) is 2.73. The van der Waals surface area contributed by atoms with Gasteiger partial charge in [-0.15, -0.1) is 0 Å². The molecule has 0 aliphatic carbocycles. The Morgan fingerprint density at radius 1 is 1.50 bits per heavy atom. The smallest absolute Gasteiger partial charge is 0.160 e. The van der Waals surface area contributed by atoms with Crippen molar-refractivity contribution in [2.45, 2.75) is 0 Å². The number of thiocarbonyl (C=S) groups is 1. The highest BCUT2D eigenvalue weighted by Gasteiger charge is 1.53. The molecule has 0 amide bonds. The average molecular weight is 108 g/mol. The minimum absolute atomic E-state index is 0.000000000000000222. The van der Waals surface area contributed by atoms with E-state index in [1.807, 2.05) is 0 Å². The molecule has 0 atom stereocenters. The van der Waals surface area contributed by atoms with Gasteiger partial charge in [0, 0.05) is 7.11 Å². The molecule has 0 heterocycles. The fourth-order valence-electron chi connectivity index (χ4n) is 0. The largest absolute Gasteiger partial charge is 0.400 e. The molecule has 0 aromatic heterocycles. The Bertz CT molecular complexity index is 34.5. The minimum atomic E-state index is 0.000000000000000222. The van der Waals surface area contributed by atoms with Gasteiger partial charge in [0.1, 0.15) is 0 Å². The lowest BCUT2D eigenvalue weighted by Gasteiger charge is -1.68. The second kappa shape index (κ2) is 8.82. The molecule has 6 heavy (non-hydrogen) atoms. The lowest BCUT2D eigenvalue weighted by atomic mass is 11.3. The summed E-state index contributed by atoms with van der Waals surface area (Å²) in [6.07, 6.45) is 0. The van der Waals surface area contributed by atoms with Gasteiger partial charge >= 0.3 is 0 Å². The summed E-state index contributed by atoms with van der Waals surface area (Å²) in [5.41, 5.74) is 9.24. The van der Waals surface area contributed by atoms with E-state index in [0.29, 0.717) is 0 Å². The molecule has 3 nitrogen and oxygen atoms in total. The Hall–Kier alpha value is -0.350. The van der Waals surface area contributed by atoms with Crippen LogP contribution in [0.4, 0.5) is 0 Å². The van der Waals surface area contributed by atoms with Crippen LogP contribution in [0, 0.1) is 0 Å². The van der Waals surface area contributed by atoms with Crippen LogP contribution in [0.1, 0.15) is 0 Å². The van der Waals surface area contributed by atoms with Crippen LogP contribution in [0.25, 0.3) is 0 Å². The van der Waals surface area contributed by atoms with Crippen LogP contribution in [0.3, 0.4) is 0 Å². The van der Waals surface area contributed by atoms with Crippen molar-refractivity contribution in [3.05, 3.63) is 0 Å². The van der Waals surface area contributed by atoms with E-state index in [1.54, 1.807) is 0 Å². The summed E-state index contributed by atoms with van der Waals surface area (Å²) in [6.45, 7) is 0. The summed E-state index contributed by atoms with van der Waals surface area (Å²) in [6, 6.07) is 0. The van der Waals surface area contributed by atoms with Crippen molar-refractivity contribution in [3.63, 3.8) is 0 Å². The van der Waals surface area contributed by atoms with Crippen molar-refractivity contribution in [3.8, 4) is 0 Å². The number of aliphatic hydroxyl groups excluding tert-OH is 1. The van der Waals surface area contributed by atoms with Gasteiger partial charge in [0.15, 0.2) is 5.11 Å². The standard InChI is InChI=1S/CH4N2S.CH4O/c2-1(3)4;1-2/h(H4,2,3,4);2H,1H3. The Morgan fingerprint density at radius 2 is 1.50 bits per heavy atom. The molecule has 0 bridgehead atoms. The first-order valence-corrected chi connectivity index (χ1v) is 1.64. The molecule has 0 aromatic rings. The topological polar surface area (TPSA) is 72.3 Å². The van der Waals surface area contributed by atoms with Crippen molar-refractivity contribution in [2.24, 2.45) is 11.5 Å². The van der Waals surface area contributed by atoms with Gasteiger partial charge < -0.3 is 16.6 Å². The maximum Gasteiger partial charge on any atom is 0.160 e. The van der Waals surface area contributed by atoms with Gasteiger partial charge in [-0.2, -0.15) is 0 Å². The van der Waals surface area contributed by atoms with Gasteiger partial charge in [-0.05, 0) is 12.2 Å². The summed E-state index contributed by atoms with van der Waals surface area (Å²) in [5.74, 6) is 0. The number of rotatable bonds is 0. The van der Waals surface area contributed by atoms with Crippen molar-refractivity contribution in [2.75, 3.05) is 7.11 Å². The zero-order valence-electron chi connectivity index (χ0n) is 3.51. The molecule has 0 radical (unpaired) electrons. The number of hydrogen-bond donors (Lipinski definition) is 3. The maximum atomic E-state index is 7.00. The second-order valence-corrected chi connectivity index (χ2v) is 0.874. The molecular formula is C2H8N2OS. The minimum Gasteiger partial charge on any atom is -0.400 e. The highest BCUT2D eigenvalue weighted by atomic mass is 32.1. The highest BCUT2D eigenvalue weighted by molar-refractivity contribution is 7.80. The SMILES string of the molecule is CO.NC(N)=S. The van der Waals surface area contributed by atoms with E-state index in [2.05, 4.69) is 23.7 Å². The summed E-state index contributed by atoms with van der Waals surface area (Å²) in [4.78, 5) is 0. The monoisotopic (exact) mass is 108 g/mol. The van der Waals surface area contributed by atoms with Crippen molar-refractivity contribution < 1.29 is 5.11 Å². The molecular weight excluding hydrogens is 100 g/mol. The normalized spacial score (nSPS) is 5.00. The number of nitrogens with two attached hydrogens (primary N) is 2. The van der Waals surface area contributed by atoms with Crippen LogP contribution in [0.15, 0.2) is 0 Å². The van der Waals surface area contributed by atoms with E-state index in [1.165, 1.54) is 0 Å². The van der Waals surface area contributed by atoms with Crippen molar-refractivity contribution in [1.29, 1.82) is 0 Å². The van der Waals surface area contributed by atoms with Crippen LogP contribution in [-0.2, 0) is 0 Å². The molecule has 38 valence electrons. The van der Waals surface area contributed by atoms with Gasteiger partial charge in [0.25, 0.3) is 0 Å². The zero-order chi connectivity index (χ0) is 5.58. The molecule has 0 unspecified atom stereocenters. The molecule has 0 spiro atoms. The molecule has 0 aliphatic rings. The predicted molar refractivity (Wildman–Crippen MR) is 29.1 cm³/mol. The molecule has 5 N–H and O–H groups in total. The Labute approximate surface area is 41.9 Å². The van der Waals surface area contributed by atoms with E-state index in [-0.39, 0.29) is 5.11 Å². The van der Waals surface area contributed by atoms with Gasteiger partial charge in [0.05, 0.1) is 0 Å². The maximum absolute atomic E-state index is 7.00. The van der Waals surface area contributed by atoms with E-state index in [0.717, 1.165) is 7.11 Å². The fourth-order valence-corrected chi connectivity index (χ4v) is 0. The first-order valence-electron chi connectivity index (χ1n) is 1.23. The third-order valence-corrected chi connectivity index (χ3v) is 0. The van der Waals surface area contributed by atoms with Crippen LogP contribution in [-0.4, -0.2) is 17.3 Å². The van der Waals surface area contributed by atoms with Gasteiger partial charge in [-0.25, -0.2) is 0 Å². The molecule has 4 heteroatoms. The average Bonchev–Trinajstić information content (AvgIpc) is 1.41. The summed E-state index contributed by atoms with van der Waals surface area (Å²) < 4.78 is 0. The number of hydrogen-bond acceptors (Lipinski definition) is 2. The third kappa shape index (κ3) is 209. The third-order valence-electron chi connectivity index (χ3n) is 0. The summed E-state index contributed by atoms with van der Waals surface area (Å²) in [7, 11) is 1.00. The molecule has 0 fully saturated rings. The van der Waals surface area contributed by atoms with E-state index in [4.69, 9.17) is 5.11 Å². The quantitative estimate of drug-likeness (QED) is 0.341. The second-order valence-electron chi connectivity index (χ2n) is 0.402. The van der Waals surface area contributed by atoms with Crippen LogP contribution in [0.5, 0.6) is 0 Å². The number of aliphatic hydroxyl groups is 1. The van der Waals surface area contributed by atoms with Gasteiger partial charge in [-0.3, -0.25) is 0 Å². The lowest BCUT2D eigenvalue weighted by molar-refractivity contribution is 0.399. The summed E-state index contributed by atoms with van der Waals surface area (Å²) in [5, 5.41) is 7.00. The van der Waals surface area contributed by atoms with Crippen LogP contribution < -0.4 is 11.5 Å². The van der Waals surface area contributed by atoms with E-state index >= 15 is 0 Å². The molecule has 0 aromatic carbocycles. The van der Waals surface area contributed by atoms with Gasteiger partial charge in [0.2, 0.25) is 0 Å². The van der Waals surface area contributed by atoms with E-state index in [9.17, 15) is 0 Å². The Balaban J connectivity index is 0.